The summed E-state index contributed by atoms with van der Waals surface area (Å²) < 4.78 is 10.6. The summed E-state index contributed by atoms with van der Waals surface area (Å²) >= 11 is 0. The zero-order valence-corrected chi connectivity index (χ0v) is 12.9. The smallest absolute Gasteiger partial charge is 0.231 e. The molecule has 0 aromatic heterocycles. The van der Waals surface area contributed by atoms with Gasteiger partial charge in [0.05, 0.1) is 6.42 Å². The summed E-state index contributed by atoms with van der Waals surface area (Å²) in [6, 6.07) is 6.05. The van der Waals surface area contributed by atoms with Crippen LogP contribution in [0.2, 0.25) is 0 Å². The van der Waals surface area contributed by atoms with Crippen LogP contribution in [0.4, 0.5) is 0 Å². The number of halogens is 1. The lowest BCUT2D eigenvalue weighted by atomic mass is 10.1. The summed E-state index contributed by atoms with van der Waals surface area (Å²) in [5.74, 6) is 1.69. The fourth-order valence-corrected chi connectivity index (χ4v) is 2.94. The molecule has 2 heterocycles. The number of fused-ring (bicyclic) bond motifs is 1. The number of carbonyl (C=O) groups excluding carboxylic acids is 1. The van der Waals surface area contributed by atoms with Crippen molar-refractivity contribution in [1.82, 2.24) is 10.2 Å². The Morgan fingerprint density at radius 3 is 3.00 bits per heavy atom. The van der Waals surface area contributed by atoms with Gasteiger partial charge in [-0.3, -0.25) is 4.79 Å². The lowest BCUT2D eigenvalue weighted by Crippen LogP contribution is -2.41. The molecule has 1 unspecified atom stereocenters. The number of likely N-dealkylation sites (tertiary alicyclic amines) is 1. The highest BCUT2D eigenvalue weighted by Gasteiger charge is 2.28. The third-order valence-electron chi connectivity index (χ3n) is 3.93. The number of ether oxygens (including phenoxy) is 2. The molecule has 0 aliphatic carbocycles. The number of nitrogens with one attached hydrogen (secondary N) is 1. The molecule has 1 atom stereocenters. The Hall–Kier alpha value is -1.46. The first kappa shape index (κ1) is 15.9. The minimum atomic E-state index is 0. The van der Waals surface area contributed by atoms with Crippen LogP contribution in [-0.4, -0.2) is 43.8 Å². The third kappa shape index (κ3) is 3.41. The van der Waals surface area contributed by atoms with Gasteiger partial charge in [-0.15, -0.1) is 12.4 Å². The SMILES string of the molecule is CNCC1CCCN1C(=O)Cc1ccc2c(c1)OCO2.Cl. The fourth-order valence-electron chi connectivity index (χ4n) is 2.94. The van der Waals surface area contributed by atoms with Crippen LogP contribution in [0.25, 0.3) is 0 Å². The molecule has 1 amide bonds. The van der Waals surface area contributed by atoms with Gasteiger partial charge in [0.15, 0.2) is 11.5 Å². The van der Waals surface area contributed by atoms with Gasteiger partial charge in [-0.25, -0.2) is 0 Å². The first-order chi connectivity index (χ1) is 9.78. The predicted octanol–water partition coefficient (Wildman–Crippen LogP) is 1.59. The van der Waals surface area contributed by atoms with Crippen molar-refractivity contribution in [2.24, 2.45) is 0 Å². The van der Waals surface area contributed by atoms with E-state index in [0.717, 1.165) is 43.0 Å². The Bertz CT molecular complexity index is 510. The van der Waals surface area contributed by atoms with Crippen LogP contribution in [-0.2, 0) is 11.2 Å². The van der Waals surface area contributed by atoms with Gasteiger partial charge >= 0.3 is 0 Å². The molecule has 0 bridgehead atoms. The normalized spacial score (nSPS) is 19.5. The molecule has 1 N–H and O–H groups in total. The largest absolute Gasteiger partial charge is 0.454 e. The molecule has 116 valence electrons. The van der Waals surface area contributed by atoms with Crippen molar-refractivity contribution in [3.63, 3.8) is 0 Å². The zero-order chi connectivity index (χ0) is 13.9. The average molecular weight is 313 g/mol. The Morgan fingerprint density at radius 2 is 2.19 bits per heavy atom. The van der Waals surface area contributed by atoms with Crippen LogP contribution in [0.1, 0.15) is 18.4 Å². The molecule has 21 heavy (non-hydrogen) atoms. The topological polar surface area (TPSA) is 50.8 Å². The van der Waals surface area contributed by atoms with Crippen LogP contribution in [0.3, 0.4) is 0 Å². The monoisotopic (exact) mass is 312 g/mol. The highest BCUT2D eigenvalue weighted by atomic mass is 35.5. The van der Waals surface area contributed by atoms with Crippen LogP contribution in [0.15, 0.2) is 18.2 Å². The number of likely N-dealkylation sites (N-methyl/N-ethyl adjacent to an activating group) is 1. The number of benzene rings is 1. The molecule has 5 nitrogen and oxygen atoms in total. The third-order valence-corrected chi connectivity index (χ3v) is 3.93. The van der Waals surface area contributed by atoms with E-state index in [4.69, 9.17) is 9.47 Å². The van der Waals surface area contributed by atoms with E-state index in [-0.39, 0.29) is 25.1 Å². The second-order valence-electron chi connectivity index (χ2n) is 5.31. The predicted molar refractivity (Wildman–Crippen MR) is 82.2 cm³/mol. The highest BCUT2D eigenvalue weighted by molar-refractivity contribution is 5.85. The Labute approximate surface area is 131 Å². The van der Waals surface area contributed by atoms with Crippen molar-refractivity contribution < 1.29 is 14.3 Å². The first-order valence-corrected chi connectivity index (χ1v) is 7.10. The average Bonchev–Trinajstić information content (AvgIpc) is 3.07. The van der Waals surface area contributed by atoms with Gasteiger partial charge in [-0.2, -0.15) is 0 Å². The molecule has 1 saturated heterocycles. The van der Waals surface area contributed by atoms with Crippen LogP contribution < -0.4 is 14.8 Å². The fraction of sp³-hybridized carbons (Fsp3) is 0.533. The van der Waals surface area contributed by atoms with Gasteiger partial charge in [0.2, 0.25) is 12.7 Å². The maximum absolute atomic E-state index is 12.4. The molecule has 1 aromatic carbocycles. The summed E-state index contributed by atoms with van der Waals surface area (Å²) in [4.78, 5) is 14.4. The number of rotatable bonds is 4. The van der Waals surface area contributed by atoms with Gasteiger partial charge in [-0.05, 0) is 37.6 Å². The van der Waals surface area contributed by atoms with Crippen molar-refractivity contribution in [3.05, 3.63) is 23.8 Å². The molecule has 0 spiro atoms. The van der Waals surface area contributed by atoms with E-state index in [1.165, 1.54) is 0 Å². The van der Waals surface area contributed by atoms with Gasteiger partial charge in [0.1, 0.15) is 0 Å². The Morgan fingerprint density at radius 1 is 1.38 bits per heavy atom. The van der Waals surface area contributed by atoms with Gasteiger partial charge in [0.25, 0.3) is 0 Å². The quantitative estimate of drug-likeness (QED) is 0.917. The van der Waals surface area contributed by atoms with Crippen molar-refractivity contribution in [1.29, 1.82) is 0 Å². The van der Waals surface area contributed by atoms with E-state index in [1.807, 2.05) is 30.1 Å². The van der Waals surface area contributed by atoms with E-state index in [0.29, 0.717) is 12.5 Å². The highest BCUT2D eigenvalue weighted by Crippen LogP contribution is 2.32. The number of carbonyl (C=O) groups is 1. The maximum atomic E-state index is 12.4. The summed E-state index contributed by atoms with van der Waals surface area (Å²) in [5.41, 5.74) is 0.981. The molecule has 0 saturated carbocycles. The van der Waals surface area contributed by atoms with Crippen LogP contribution >= 0.6 is 12.4 Å². The van der Waals surface area contributed by atoms with Crippen molar-refractivity contribution in [2.45, 2.75) is 25.3 Å². The molecular formula is C15H21ClN2O3. The summed E-state index contributed by atoms with van der Waals surface area (Å²) in [6.45, 7) is 2.01. The lowest BCUT2D eigenvalue weighted by Gasteiger charge is -2.24. The van der Waals surface area contributed by atoms with Gasteiger partial charge in [0, 0.05) is 19.1 Å². The van der Waals surface area contributed by atoms with Crippen molar-refractivity contribution >= 4 is 18.3 Å². The molecule has 0 radical (unpaired) electrons. The minimum absolute atomic E-state index is 0. The molecule has 2 aliphatic heterocycles. The number of amides is 1. The maximum Gasteiger partial charge on any atom is 0.231 e. The molecule has 1 fully saturated rings. The molecule has 1 aromatic rings. The van der Waals surface area contributed by atoms with E-state index in [1.54, 1.807) is 0 Å². The van der Waals surface area contributed by atoms with Crippen molar-refractivity contribution in [3.8, 4) is 11.5 Å². The zero-order valence-electron chi connectivity index (χ0n) is 12.1. The summed E-state index contributed by atoms with van der Waals surface area (Å²) in [6.07, 6.45) is 2.61. The lowest BCUT2D eigenvalue weighted by molar-refractivity contribution is -0.131. The first-order valence-electron chi connectivity index (χ1n) is 7.10. The van der Waals surface area contributed by atoms with Crippen LogP contribution in [0.5, 0.6) is 11.5 Å². The van der Waals surface area contributed by atoms with E-state index >= 15 is 0 Å². The molecular weight excluding hydrogens is 292 g/mol. The minimum Gasteiger partial charge on any atom is -0.454 e. The van der Waals surface area contributed by atoms with E-state index in [2.05, 4.69) is 5.32 Å². The second kappa shape index (κ2) is 7.00. The standard InChI is InChI=1S/C15H20N2O3.ClH/c1-16-9-12-3-2-6-17(12)15(18)8-11-4-5-13-14(7-11)20-10-19-13;/h4-5,7,12,16H,2-3,6,8-10H2,1H3;1H. The Balaban J connectivity index is 0.00000161. The van der Waals surface area contributed by atoms with E-state index < -0.39 is 0 Å². The van der Waals surface area contributed by atoms with Crippen molar-refractivity contribution in [2.75, 3.05) is 26.9 Å². The summed E-state index contributed by atoms with van der Waals surface area (Å²) in [5, 5.41) is 3.16. The number of hydrogen-bond acceptors (Lipinski definition) is 4. The number of hydrogen-bond donors (Lipinski definition) is 1. The van der Waals surface area contributed by atoms with Gasteiger partial charge < -0.3 is 19.7 Å². The van der Waals surface area contributed by atoms with Gasteiger partial charge in [-0.1, -0.05) is 6.07 Å². The molecule has 6 heteroatoms. The summed E-state index contributed by atoms with van der Waals surface area (Å²) in [7, 11) is 1.93. The molecule has 3 rings (SSSR count). The van der Waals surface area contributed by atoms with Crippen LogP contribution in [0, 0.1) is 0 Å². The number of nitrogens with zero attached hydrogens (tertiary/aromatic N) is 1. The van der Waals surface area contributed by atoms with E-state index in [9.17, 15) is 4.79 Å². The second-order valence-corrected chi connectivity index (χ2v) is 5.31. The Kier molecular flexibility index (Phi) is 5.31. The molecule has 2 aliphatic rings.